The van der Waals surface area contributed by atoms with E-state index in [-0.39, 0.29) is 18.9 Å². The third-order valence-electron chi connectivity index (χ3n) is 2.67. The van der Waals surface area contributed by atoms with Crippen LogP contribution in [0.1, 0.15) is 24.8 Å². The van der Waals surface area contributed by atoms with E-state index in [1.807, 2.05) is 0 Å². The molecule has 18 heavy (non-hydrogen) atoms. The van der Waals surface area contributed by atoms with Gasteiger partial charge in [-0.3, -0.25) is 6.58 Å². The fourth-order valence-electron chi connectivity index (χ4n) is 1.79. The summed E-state index contributed by atoms with van der Waals surface area (Å²) in [5.74, 6) is 6.46. The number of rotatable bonds is 3. The van der Waals surface area contributed by atoms with E-state index in [2.05, 4.69) is 67.0 Å². The Labute approximate surface area is 121 Å². The Kier molecular flexibility index (Phi) is 6.38. The van der Waals surface area contributed by atoms with Gasteiger partial charge in [0, 0.05) is 12.0 Å². The van der Waals surface area contributed by atoms with Crippen LogP contribution < -0.4 is 18.9 Å². The second-order valence-electron chi connectivity index (χ2n) is 3.93. The van der Waals surface area contributed by atoms with E-state index in [9.17, 15) is 0 Å². The van der Waals surface area contributed by atoms with Gasteiger partial charge in [0.05, 0.1) is 0 Å². The largest absolute Gasteiger partial charge is 1.00 e. The number of hydrogen-bond acceptors (Lipinski definition) is 0. The molecule has 0 spiro atoms. The first-order valence-electron chi connectivity index (χ1n) is 5.88. The summed E-state index contributed by atoms with van der Waals surface area (Å²) in [5, 5.41) is 2.48. The van der Waals surface area contributed by atoms with E-state index in [0.29, 0.717) is 0 Å². The summed E-state index contributed by atoms with van der Waals surface area (Å²) < 4.78 is 0. The summed E-state index contributed by atoms with van der Waals surface area (Å²) in [5.41, 5.74) is 1.12. The molecule has 0 aliphatic heterocycles. The van der Waals surface area contributed by atoms with E-state index in [0.717, 1.165) is 24.8 Å². The van der Waals surface area contributed by atoms with Crippen LogP contribution in [0.5, 0.6) is 0 Å². The van der Waals surface area contributed by atoms with Crippen LogP contribution in [0.2, 0.25) is 0 Å². The van der Waals surface area contributed by atoms with Crippen LogP contribution in [0, 0.1) is 17.9 Å². The van der Waals surface area contributed by atoms with Gasteiger partial charge < -0.3 is 6.08 Å². The molecule has 1 heteroatoms. The van der Waals surface area contributed by atoms with Crippen LogP contribution in [0.3, 0.4) is 0 Å². The maximum absolute atomic E-state index is 3.58. The van der Waals surface area contributed by atoms with Crippen molar-refractivity contribution in [3.63, 3.8) is 0 Å². The minimum absolute atomic E-state index is 0. The molecular formula is C17H15Li. The first-order valence-corrected chi connectivity index (χ1v) is 5.88. The molecule has 0 N–H and O–H groups in total. The van der Waals surface area contributed by atoms with E-state index in [1.54, 1.807) is 0 Å². The van der Waals surface area contributed by atoms with Gasteiger partial charge in [0.25, 0.3) is 0 Å². The van der Waals surface area contributed by atoms with Gasteiger partial charge in [0.15, 0.2) is 0 Å². The molecule has 2 aromatic carbocycles. The van der Waals surface area contributed by atoms with Gasteiger partial charge >= 0.3 is 18.9 Å². The number of hydrogen-bond donors (Lipinski definition) is 0. The Morgan fingerprint density at radius 2 is 1.83 bits per heavy atom. The summed E-state index contributed by atoms with van der Waals surface area (Å²) in [6, 6.07) is 14.6. The van der Waals surface area contributed by atoms with Crippen molar-refractivity contribution in [3.8, 4) is 11.8 Å². The van der Waals surface area contributed by atoms with Crippen molar-refractivity contribution in [3.05, 3.63) is 60.7 Å². The van der Waals surface area contributed by atoms with Crippen molar-refractivity contribution in [2.24, 2.45) is 0 Å². The minimum atomic E-state index is 0. The molecule has 0 bridgehead atoms. The van der Waals surface area contributed by atoms with Crippen molar-refractivity contribution in [2.75, 3.05) is 0 Å². The molecule has 0 aliphatic carbocycles. The smallest absolute Gasteiger partial charge is 0.504 e. The Morgan fingerprint density at radius 1 is 1.06 bits per heavy atom. The van der Waals surface area contributed by atoms with E-state index < -0.39 is 0 Å². The fraction of sp³-hybridized carbons (Fsp3) is 0.176. The third-order valence-corrected chi connectivity index (χ3v) is 2.67. The zero-order chi connectivity index (χ0) is 11.9. The Hall–Kier alpha value is -1.40. The van der Waals surface area contributed by atoms with Crippen LogP contribution in [0.25, 0.3) is 10.8 Å². The predicted octanol–water partition coefficient (Wildman–Crippen LogP) is 1.35. The molecule has 0 aromatic heterocycles. The molecule has 0 unspecified atom stereocenters. The zero-order valence-corrected chi connectivity index (χ0v) is 10.9. The van der Waals surface area contributed by atoms with Crippen LogP contribution in [0.15, 0.2) is 49.0 Å². The van der Waals surface area contributed by atoms with Crippen LogP contribution in [0.4, 0.5) is 0 Å². The van der Waals surface area contributed by atoms with Gasteiger partial charge in [0.2, 0.25) is 0 Å². The molecule has 0 radical (unpaired) electrons. The normalized spacial score (nSPS) is 9.11. The number of fused-ring (bicyclic) bond motifs is 1. The third kappa shape index (κ3) is 3.82. The Morgan fingerprint density at radius 3 is 2.67 bits per heavy atom. The second-order valence-corrected chi connectivity index (χ2v) is 3.93. The number of benzene rings is 2. The first kappa shape index (κ1) is 14.7. The molecular weight excluding hydrogens is 211 g/mol. The van der Waals surface area contributed by atoms with Crippen molar-refractivity contribution in [1.82, 2.24) is 0 Å². The molecule has 0 heterocycles. The fourth-order valence-corrected chi connectivity index (χ4v) is 1.79. The molecule has 0 aliphatic rings. The molecule has 84 valence electrons. The average molecular weight is 226 g/mol. The quantitative estimate of drug-likeness (QED) is 0.321. The van der Waals surface area contributed by atoms with Crippen LogP contribution >= 0.6 is 0 Å². The maximum atomic E-state index is 3.58. The minimum Gasteiger partial charge on any atom is -0.504 e. The van der Waals surface area contributed by atoms with E-state index in [4.69, 9.17) is 0 Å². The molecule has 0 nitrogen and oxygen atoms in total. The van der Waals surface area contributed by atoms with Crippen LogP contribution in [-0.4, -0.2) is 0 Å². The van der Waals surface area contributed by atoms with Gasteiger partial charge in [0.1, 0.15) is 0 Å². The van der Waals surface area contributed by atoms with Crippen molar-refractivity contribution >= 4 is 10.8 Å². The van der Waals surface area contributed by atoms with Gasteiger partial charge in [-0.15, -0.1) is 0 Å². The molecule has 0 amide bonds. The summed E-state index contributed by atoms with van der Waals surface area (Å²) >= 11 is 0. The summed E-state index contributed by atoms with van der Waals surface area (Å²) in [7, 11) is 0. The summed E-state index contributed by atoms with van der Waals surface area (Å²) in [6.07, 6.45) is 5.75. The molecule has 2 rings (SSSR count). The van der Waals surface area contributed by atoms with E-state index >= 15 is 0 Å². The SMILES string of the molecule is C=[C-]CCCC#Cc1cccc2ccccc12.[Li+]. The summed E-state index contributed by atoms with van der Waals surface area (Å²) in [6.45, 7) is 3.58. The van der Waals surface area contributed by atoms with Gasteiger partial charge in [-0.2, -0.15) is 6.42 Å². The molecule has 0 atom stereocenters. The van der Waals surface area contributed by atoms with Crippen LogP contribution in [-0.2, 0) is 0 Å². The Balaban J connectivity index is 0.00000162. The van der Waals surface area contributed by atoms with Gasteiger partial charge in [-0.05, 0) is 16.8 Å². The van der Waals surface area contributed by atoms with Crippen molar-refractivity contribution < 1.29 is 18.9 Å². The monoisotopic (exact) mass is 226 g/mol. The van der Waals surface area contributed by atoms with Crippen molar-refractivity contribution in [2.45, 2.75) is 19.3 Å². The van der Waals surface area contributed by atoms with Gasteiger partial charge in [-0.1, -0.05) is 54.7 Å². The van der Waals surface area contributed by atoms with E-state index in [1.165, 1.54) is 10.8 Å². The standard InChI is InChI=1S/C17H15.Li/c1-2-3-4-5-6-10-15-12-9-13-16-11-7-8-14-17(15)16;/h7-9,11-14H,1,3-5H2;/q-1;+1. The first-order chi connectivity index (χ1) is 8.42. The maximum Gasteiger partial charge on any atom is 1.00 e. The molecule has 0 saturated heterocycles. The topological polar surface area (TPSA) is 0 Å². The molecule has 0 fully saturated rings. The Bertz CT molecular complexity index is 567. The zero-order valence-electron chi connectivity index (χ0n) is 10.9. The second kappa shape index (κ2) is 7.83. The molecule has 0 saturated carbocycles. The molecule has 2 aromatic rings. The average Bonchev–Trinajstić information content (AvgIpc) is 2.39. The number of allylic oxidation sites excluding steroid dienone is 1. The van der Waals surface area contributed by atoms with Crippen molar-refractivity contribution in [1.29, 1.82) is 0 Å². The van der Waals surface area contributed by atoms with Gasteiger partial charge in [-0.25, -0.2) is 0 Å². The predicted molar refractivity (Wildman–Crippen MR) is 73.5 cm³/mol. The number of unbranched alkanes of at least 4 members (excludes halogenated alkanes) is 2. The summed E-state index contributed by atoms with van der Waals surface area (Å²) in [4.78, 5) is 0.